The van der Waals surface area contributed by atoms with E-state index in [0.29, 0.717) is 6.42 Å². The molecule has 0 aromatic heterocycles. The van der Waals surface area contributed by atoms with E-state index in [-0.39, 0.29) is 5.78 Å². The van der Waals surface area contributed by atoms with Crippen LogP contribution < -0.4 is 4.74 Å². The van der Waals surface area contributed by atoms with Crippen molar-refractivity contribution < 1.29 is 9.53 Å². The number of aryl methyl sites for hydroxylation is 1. The fourth-order valence-electron chi connectivity index (χ4n) is 2.13. The van der Waals surface area contributed by atoms with Crippen molar-refractivity contribution in [3.8, 4) is 5.75 Å². The highest BCUT2D eigenvalue weighted by atomic mass is 35.5. The number of carbonyl (C=O) groups excluding carboxylic acids is 1. The Morgan fingerprint density at radius 2 is 2.00 bits per heavy atom. The summed E-state index contributed by atoms with van der Waals surface area (Å²) in [5, 5.41) is 0.817. The Morgan fingerprint density at radius 3 is 2.56 bits per heavy atom. The van der Waals surface area contributed by atoms with Crippen molar-refractivity contribution in [2.24, 2.45) is 0 Å². The number of unbranched alkanes of at least 4 members (excludes halogenated alkanes) is 1. The molecule has 0 unspecified atom stereocenters. The van der Waals surface area contributed by atoms with E-state index in [1.165, 1.54) is 0 Å². The Hall–Kier alpha value is -1.02. The molecule has 0 aliphatic rings. The van der Waals surface area contributed by atoms with Crippen LogP contribution >= 0.6 is 11.6 Å². The highest BCUT2D eigenvalue weighted by Gasteiger charge is 2.12. The van der Waals surface area contributed by atoms with Crippen LogP contribution in [0, 0.1) is 13.8 Å². The molecule has 0 atom stereocenters. The standard InChI is InChI=1S/C15H21ClO2/c1-10-9-14(18-4)13(12(3)15(10)16)8-6-5-7-11(2)17/h9H,5-8H2,1-4H3. The molecule has 0 fully saturated rings. The first-order chi connectivity index (χ1) is 8.47. The second kappa shape index (κ2) is 6.79. The molecular weight excluding hydrogens is 248 g/mol. The highest BCUT2D eigenvalue weighted by Crippen LogP contribution is 2.32. The summed E-state index contributed by atoms with van der Waals surface area (Å²) in [6.45, 7) is 5.64. The van der Waals surface area contributed by atoms with Gasteiger partial charge in [-0.25, -0.2) is 0 Å². The van der Waals surface area contributed by atoms with Gasteiger partial charge in [0, 0.05) is 11.4 Å². The molecule has 2 nitrogen and oxygen atoms in total. The highest BCUT2D eigenvalue weighted by molar-refractivity contribution is 6.32. The maximum Gasteiger partial charge on any atom is 0.129 e. The summed E-state index contributed by atoms with van der Waals surface area (Å²) in [6, 6.07) is 1.98. The molecule has 0 spiro atoms. The number of ketones is 1. The van der Waals surface area contributed by atoms with Crippen LogP contribution in [0.1, 0.15) is 42.9 Å². The maximum absolute atomic E-state index is 10.9. The zero-order valence-electron chi connectivity index (χ0n) is 11.6. The van der Waals surface area contributed by atoms with E-state index < -0.39 is 0 Å². The number of ether oxygens (including phenoxy) is 1. The summed E-state index contributed by atoms with van der Waals surface area (Å²) in [4.78, 5) is 10.9. The van der Waals surface area contributed by atoms with Crippen LogP contribution in [0.5, 0.6) is 5.75 Å². The van der Waals surface area contributed by atoms with Crippen molar-refractivity contribution in [3.05, 3.63) is 27.8 Å². The van der Waals surface area contributed by atoms with Crippen molar-refractivity contribution >= 4 is 17.4 Å². The number of rotatable bonds is 6. The lowest BCUT2D eigenvalue weighted by molar-refractivity contribution is -0.117. The van der Waals surface area contributed by atoms with Gasteiger partial charge in [0.05, 0.1) is 7.11 Å². The van der Waals surface area contributed by atoms with Gasteiger partial charge in [-0.2, -0.15) is 0 Å². The van der Waals surface area contributed by atoms with Crippen molar-refractivity contribution in [1.82, 2.24) is 0 Å². The number of hydrogen-bond acceptors (Lipinski definition) is 2. The first-order valence-corrected chi connectivity index (χ1v) is 6.67. The minimum atomic E-state index is 0.251. The SMILES string of the molecule is COc1cc(C)c(Cl)c(C)c1CCCCC(C)=O. The molecule has 100 valence electrons. The predicted molar refractivity (Wildman–Crippen MR) is 75.7 cm³/mol. The molecule has 0 heterocycles. The molecular formula is C15H21ClO2. The van der Waals surface area contributed by atoms with Gasteiger partial charge in [0.15, 0.2) is 0 Å². The summed E-state index contributed by atoms with van der Waals surface area (Å²) in [6.07, 6.45) is 3.46. The second-order valence-corrected chi connectivity index (χ2v) is 5.10. The van der Waals surface area contributed by atoms with E-state index in [2.05, 4.69) is 0 Å². The lowest BCUT2D eigenvalue weighted by Gasteiger charge is -2.15. The topological polar surface area (TPSA) is 26.3 Å². The zero-order chi connectivity index (χ0) is 13.7. The molecule has 0 aliphatic heterocycles. The Morgan fingerprint density at radius 1 is 1.33 bits per heavy atom. The van der Waals surface area contributed by atoms with Crippen LogP contribution in [-0.2, 0) is 11.2 Å². The van der Waals surface area contributed by atoms with Crippen LogP contribution in [0.3, 0.4) is 0 Å². The van der Waals surface area contributed by atoms with Crippen LogP contribution in [0.25, 0.3) is 0 Å². The van der Waals surface area contributed by atoms with E-state index in [9.17, 15) is 4.79 Å². The van der Waals surface area contributed by atoms with E-state index in [1.54, 1.807) is 14.0 Å². The third kappa shape index (κ3) is 3.74. The fraction of sp³-hybridized carbons (Fsp3) is 0.533. The Bertz CT molecular complexity index is 439. The van der Waals surface area contributed by atoms with Gasteiger partial charge >= 0.3 is 0 Å². The summed E-state index contributed by atoms with van der Waals surface area (Å²) < 4.78 is 5.41. The van der Waals surface area contributed by atoms with Crippen molar-refractivity contribution in [2.75, 3.05) is 7.11 Å². The third-order valence-electron chi connectivity index (χ3n) is 3.20. The van der Waals surface area contributed by atoms with Crippen LogP contribution in [-0.4, -0.2) is 12.9 Å². The van der Waals surface area contributed by atoms with Crippen LogP contribution in [0.2, 0.25) is 5.02 Å². The first kappa shape index (κ1) is 15.0. The third-order valence-corrected chi connectivity index (χ3v) is 3.78. The van der Waals surface area contributed by atoms with Gasteiger partial charge in [0.25, 0.3) is 0 Å². The van der Waals surface area contributed by atoms with Gasteiger partial charge in [0.1, 0.15) is 11.5 Å². The molecule has 1 rings (SSSR count). The molecule has 0 N–H and O–H groups in total. The first-order valence-electron chi connectivity index (χ1n) is 6.29. The summed E-state index contributed by atoms with van der Waals surface area (Å²) >= 11 is 6.27. The largest absolute Gasteiger partial charge is 0.496 e. The van der Waals surface area contributed by atoms with Crippen molar-refractivity contribution in [1.29, 1.82) is 0 Å². The second-order valence-electron chi connectivity index (χ2n) is 4.72. The maximum atomic E-state index is 10.9. The Labute approximate surface area is 114 Å². The lowest BCUT2D eigenvalue weighted by Crippen LogP contribution is -1.99. The number of hydrogen-bond donors (Lipinski definition) is 0. The molecule has 0 radical (unpaired) electrons. The molecule has 1 aromatic carbocycles. The molecule has 3 heteroatoms. The number of carbonyl (C=O) groups is 1. The molecule has 1 aromatic rings. The van der Waals surface area contributed by atoms with E-state index in [1.807, 2.05) is 19.9 Å². The van der Waals surface area contributed by atoms with Gasteiger partial charge in [-0.3, -0.25) is 0 Å². The number of Topliss-reactive ketones (excluding diaryl/α,β-unsaturated/α-hetero) is 1. The molecule has 0 aliphatic carbocycles. The summed E-state index contributed by atoms with van der Waals surface area (Å²) in [5.41, 5.74) is 3.30. The lowest BCUT2D eigenvalue weighted by atomic mass is 9.98. The van der Waals surface area contributed by atoms with E-state index in [4.69, 9.17) is 16.3 Å². The van der Waals surface area contributed by atoms with Crippen molar-refractivity contribution in [3.63, 3.8) is 0 Å². The molecule has 0 saturated heterocycles. The summed E-state index contributed by atoms with van der Waals surface area (Å²) in [7, 11) is 1.68. The monoisotopic (exact) mass is 268 g/mol. The zero-order valence-corrected chi connectivity index (χ0v) is 12.4. The molecule has 18 heavy (non-hydrogen) atoms. The number of methoxy groups -OCH3 is 1. The van der Waals surface area contributed by atoms with E-state index >= 15 is 0 Å². The smallest absolute Gasteiger partial charge is 0.129 e. The minimum Gasteiger partial charge on any atom is -0.496 e. The fourth-order valence-corrected chi connectivity index (χ4v) is 2.30. The Kier molecular flexibility index (Phi) is 5.67. The van der Waals surface area contributed by atoms with Gasteiger partial charge < -0.3 is 9.53 Å². The average Bonchev–Trinajstić information content (AvgIpc) is 2.33. The minimum absolute atomic E-state index is 0.251. The van der Waals surface area contributed by atoms with Gasteiger partial charge in [-0.15, -0.1) is 0 Å². The molecule has 0 bridgehead atoms. The predicted octanol–water partition coefficient (Wildman–Crippen LogP) is 4.27. The molecule has 0 amide bonds. The van der Waals surface area contributed by atoms with E-state index in [0.717, 1.165) is 46.7 Å². The normalized spacial score (nSPS) is 10.5. The average molecular weight is 269 g/mol. The van der Waals surface area contributed by atoms with Crippen LogP contribution in [0.15, 0.2) is 6.07 Å². The summed E-state index contributed by atoms with van der Waals surface area (Å²) in [5.74, 6) is 1.15. The number of benzene rings is 1. The van der Waals surface area contributed by atoms with Gasteiger partial charge in [0.2, 0.25) is 0 Å². The van der Waals surface area contributed by atoms with Gasteiger partial charge in [-0.05, 0) is 62.8 Å². The Balaban J connectivity index is 2.80. The quantitative estimate of drug-likeness (QED) is 0.721. The van der Waals surface area contributed by atoms with Gasteiger partial charge in [-0.1, -0.05) is 11.6 Å². The molecule has 0 saturated carbocycles. The van der Waals surface area contributed by atoms with Crippen LogP contribution in [0.4, 0.5) is 0 Å². The number of halogens is 1. The van der Waals surface area contributed by atoms with Crippen molar-refractivity contribution in [2.45, 2.75) is 46.5 Å².